The molecule has 0 radical (unpaired) electrons. The highest BCUT2D eigenvalue weighted by Gasteiger charge is 2.03. The topological polar surface area (TPSA) is 47.3 Å². The lowest BCUT2D eigenvalue weighted by molar-refractivity contribution is 0.475. The molecule has 0 aliphatic rings. The molecule has 0 saturated heterocycles. The summed E-state index contributed by atoms with van der Waals surface area (Å²) in [5, 5.41) is 14.1. The predicted octanol–water partition coefficient (Wildman–Crippen LogP) is 4.02. The molecule has 2 aromatic carbocycles. The smallest absolute Gasteiger partial charge is 0.165 e. The molecule has 5 heteroatoms. The summed E-state index contributed by atoms with van der Waals surface area (Å²) >= 11 is 5.90. The molecule has 0 fully saturated rings. The summed E-state index contributed by atoms with van der Waals surface area (Å²) in [6.45, 7) is 0. The van der Waals surface area contributed by atoms with Crippen LogP contribution in [-0.2, 0) is 0 Å². The first kappa shape index (κ1) is 12.6. The van der Waals surface area contributed by atoms with Crippen LogP contribution in [0.5, 0.6) is 17.2 Å². The summed E-state index contributed by atoms with van der Waals surface area (Å²) in [6, 6.07) is 13.9. The van der Waals surface area contributed by atoms with E-state index >= 15 is 0 Å². The Balaban J connectivity index is 1.82. The van der Waals surface area contributed by atoms with Crippen LogP contribution in [0, 0.1) is 0 Å². The van der Waals surface area contributed by atoms with Gasteiger partial charge in [-0.15, -0.1) is 0 Å². The molecule has 0 unspecified atom stereocenters. The van der Waals surface area contributed by atoms with Crippen molar-refractivity contribution < 1.29 is 9.84 Å². The molecular weight excluding hydrogens is 276 g/mol. The van der Waals surface area contributed by atoms with Gasteiger partial charge in [-0.05, 0) is 42.5 Å². The molecule has 1 heterocycles. The average Bonchev–Trinajstić information content (AvgIpc) is 2.88. The molecule has 1 N–H and O–H groups in total. The molecule has 3 rings (SSSR count). The Morgan fingerprint density at radius 3 is 2.60 bits per heavy atom. The number of halogens is 1. The summed E-state index contributed by atoms with van der Waals surface area (Å²) in [4.78, 5) is 0. The molecular formula is C15H11ClN2O2. The number of hydrogen-bond acceptors (Lipinski definition) is 3. The normalized spacial score (nSPS) is 10.4. The van der Waals surface area contributed by atoms with E-state index in [0.717, 1.165) is 5.69 Å². The zero-order valence-electron chi connectivity index (χ0n) is 10.4. The first-order valence-corrected chi connectivity index (χ1v) is 6.36. The maximum Gasteiger partial charge on any atom is 0.165 e. The van der Waals surface area contributed by atoms with E-state index in [2.05, 4.69) is 5.10 Å². The van der Waals surface area contributed by atoms with Crippen LogP contribution in [0.15, 0.2) is 60.9 Å². The van der Waals surface area contributed by atoms with Gasteiger partial charge < -0.3 is 9.84 Å². The van der Waals surface area contributed by atoms with E-state index in [1.165, 1.54) is 0 Å². The van der Waals surface area contributed by atoms with Gasteiger partial charge in [-0.3, -0.25) is 0 Å². The van der Waals surface area contributed by atoms with Crippen LogP contribution in [0.3, 0.4) is 0 Å². The van der Waals surface area contributed by atoms with Crippen molar-refractivity contribution in [3.8, 4) is 22.9 Å². The summed E-state index contributed by atoms with van der Waals surface area (Å²) < 4.78 is 7.33. The summed E-state index contributed by atoms with van der Waals surface area (Å²) in [6.07, 6.45) is 3.38. The van der Waals surface area contributed by atoms with Crippen molar-refractivity contribution in [3.63, 3.8) is 0 Å². The lowest BCUT2D eigenvalue weighted by atomic mass is 10.3. The van der Waals surface area contributed by atoms with Crippen molar-refractivity contribution in [2.24, 2.45) is 0 Å². The first-order chi connectivity index (χ1) is 9.70. The number of aromatic nitrogens is 2. The monoisotopic (exact) mass is 286 g/mol. The standard InChI is InChI=1S/C15H11ClN2O2/c16-11-2-1-3-14(8-11)20-15-9-17-18(10-15)12-4-6-13(19)7-5-12/h1-10,19H. The zero-order valence-corrected chi connectivity index (χ0v) is 11.2. The molecule has 0 aliphatic heterocycles. The maximum absolute atomic E-state index is 9.26. The van der Waals surface area contributed by atoms with Crippen LogP contribution < -0.4 is 4.74 Å². The fraction of sp³-hybridized carbons (Fsp3) is 0. The predicted molar refractivity (Wildman–Crippen MR) is 76.8 cm³/mol. The van der Waals surface area contributed by atoms with Gasteiger partial charge in [-0.2, -0.15) is 5.10 Å². The fourth-order valence-corrected chi connectivity index (χ4v) is 1.95. The van der Waals surface area contributed by atoms with Crippen molar-refractivity contribution in [2.45, 2.75) is 0 Å². The number of aromatic hydroxyl groups is 1. The minimum absolute atomic E-state index is 0.219. The van der Waals surface area contributed by atoms with Crippen molar-refractivity contribution in [1.82, 2.24) is 9.78 Å². The second-order valence-electron chi connectivity index (χ2n) is 4.20. The summed E-state index contributed by atoms with van der Waals surface area (Å²) in [5.41, 5.74) is 0.837. The maximum atomic E-state index is 9.26. The van der Waals surface area contributed by atoms with Gasteiger partial charge in [-0.1, -0.05) is 17.7 Å². The van der Waals surface area contributed by atoms with Gasteiger partial charge in [0.1, 0.15) is 11.5 Å². The number of nitrogens with zero attached hydrogens (tertiary/aromatic N) is 2. The van der Waals surface area contributed by atoms with E-state index < -0.39 is 0 Å². The summed E-state index contributed by atoms with van der Waals surface area (Å²) in [7, 11) is 0. The number of ether oxygens (including phenoxy) is 1. The molecule has 100 valence electrons. The fourth-order valence-electron chi connectivity index (χ4n) is 1.77. The minimum atomic E-state index is 0.219. The third kappa shape index (κ3) is 2.75. The Hall–Kier alpha value is -2.46. The first-order valence-electron chi connectivity index (χ1n) is 5.98. The number of hydrogen-bond donors (Lipinski definition) is 1. The molecule has 1 aromatic heterocycles. The van der Waals surface area contributed by atoms with Gasteiger partial charge in [-0.25, -0.2) is 4.68 Å². The zero-order chi connectivity index (χ0) is 13.9. The van der Waals surface area contributed by atoms with Crippen LogP contribution in [0.2, 0.25) is 5.02 Å². The molecule has 20 heavy (non-hydrogen) atoms. The van der Waals surface area contributed by atoms with Crippen molar-refractivity contribution in [3.05, 3.63) is 65.9 Å². The van der Waals surface area contributed by atoms with Gasteiger partial charge in [0, 0.05) is 5.02 Å². The molecule has 0 aliphatic carbocycles. The number of benzene rings is 2. The van der Waals surface area contributed by atoms with Gasteiger partial charge in [0.25, 0.3) is 0 Å². The second-order valence-corrected chi connectivity index (χ2v) is 4.63. The second kappa shape index (κ2) is 5.27. The molecule has 4 nitrogen and oxygen atoms in total. The summed E-state index contributed by atoms with van der Waals surface area (Å²) in [5.74, 6) is 1.49. The molecule has 0 amide bonds. The SMILES string of the molecule is Oc1ccc(-n2cc(Oc3cccc(Cl)c3)cn2)cc1. The Bertz CT molecular complexity index is 723. The van der Waals surface area contributed by atoms with Gasteiger partial charge in [0.15, 0.2) is 5.75 Å². The highest BCUT2D eigenvalue weighted by Crippen LogP contribution is 2.24. The van der Waals surface area contributed by atoms with E-state index in [0.29, 0.717) is 16.5 Å². The molecule has 0 atom stereocenters. The molecule has 0 bridgehead atoms. The minimum Gasteiger partial charge on any atom is -0.508 e. The van der Waals surface area contributed by atoms with Crippen LogP contribution in [-0.4, -0.2) is 14.9 Å². The number of phenolic OH excluding ortho intramolecular Hbond substituents is 1. The van der Waals surface area contributed by atoms with E-state index in [9.17, 15) is 5.11 Å². The van der Waals surface area contributed by atoms with Crippen molar-refractivity contribution in [1.29, 1.82) is 0 Å². The Morgan fingerprint density at radius 1 is 1.05 bits per heavy atom. The van der Waals surface area contributed by atoms with E-state index in [-0.39, 0.29) is 5.75 Å². The highest BCUT2D eigenvalue weighted by atomic mass is 35.5. The third-order valence-corrected chi connectivity index (χ3v) is 2.94. The van der Waals surface area contributed by atoms with Crippen LogP contribution >= 0.6 is 11.6 Å². The van der Waals surface area contributed by atoms with Gasteiger partial charge in [0.05, 0.1) is 18.1 Å². The van der Waals surface area contributed by atoms with E-state index in [1.807, 2.05) is 12.1 Å². The number of rotatable bonds is 3. The Labute approximate surface area is 120 Å². The van der Waals surface area contributed by atoms with E-state index in [4.69, 9.17) is 16.3 Å². The average molecular weight is 287 g/mol. The molecule has 0 saturated carbocycles. The van der Waals surface area contributed by atoms with Crippen LogP contribution in [0.1, 0.15) is 0 Å². The van der Waals surface area contributed by atoms with Crippen LogP contribution in [0.4, 0.5) is 0 Å². The highest BCUT2D eigenvalue weighted by molar-refractivity contribution is 6.30. The lowest BCUT2D eigenvalue weighted by Gasteiger charge is -2.03. The van der Waals surface area contributed by atoms with E-state index in [1.54, 1.807) is 53.5 Å². The van der Waals surface area contributed by atoms with Gasteiger partial charge >= 0.3 is 0 Å². The quantitative estimate of drug-likeness (QED) is 0.791. The Kier molecular flexibility index (Phi) is 3.31. The van der Waals surface area contributed by atoms with Gasteiger partial charge in [0.2, 0.25) is 0 Å². The Morgan fingerprint density at radius 2 is 1.85 bits per heavy atom. The molecule has 0 spiro atoms. The van der Waals surface area contributed by atoms with Crippen molar-refractivity contribution in [2.75, 3.05) is 0 Å². The van der Waals surface area contributed by atoms with Crippen LogP contribution in [0.25, 0.3) is 5.69 Å². The number of phenols is 1. The third-order valence-electron chi connectivity index (χ3n) is 2.70. The molecule has 3 aromatic rings. The largest absolute Gasteiger partial charge is 0.508 e. The lowest BCUT2D eigenvalue weighted by Crippen LogP contribution is -1.92. The van der Waals surface area contributed by atoms with Crippen molar-refractivity contribution >= 4 is 11.6 Å².